The summed E-state index contributed by atoms with van der Waals surface area (Å²) in [5, 5.41) is 20.0. The van der Waals surface area contributed by atoms with Crippen molar-refractivity contribution in [3.63, 3.8) is 0 Å². The normalized spacial score (nSPS) is 13.4. The molecule has 0 amide bonds. The Kier molecular flexibility index (Phi) is 3.67. The standard InChI is InChI=1S/C6H5N3.C6H7NO/c1-2-4-6-5(3-1)7-9-8-6;8-7-5-3-1-2-4-6-7/h1-4H,(H,7,8,9);1-6,8H. The highest BCUT2D eigenvalue weighted by Gasteiger charge is 1.90. The Balaban J connectivity index is 0.000000128. The quantitative estimate of drug-likeness (QED) is 0.725. The van der Waals surface area contributed by atoms with Crippen LogP contribution in [0.1, 0.15) is 0 Å². The van der Waals surface area contributed by atoms with Gasteiger partial charge in [-0.15, -0.1) is 0 Å². The van der Waals surface area contributed by atoms with E-state index in [2.05, 4.69) is 15.4 Å². The van der Waals surface area contributed by atoms with Crippen LogP contribution in [-0.4, -0.2) is 25.7 Å². The monoisotopic (exact) mass is 228 g/mol. The molecule has 5 heteroatoms. The smallest absolute Gasteiger partial charge is 0.112 e. The van der Waals surface area contributed by atoms with E-state index in [1.165, 1.54) is 0 Å². The summed E-state index contributed by atoms with van der Waals surface area (Å²) in [7, 11) is 0. The van der Waals surface area contributed by atoms with Crippen LogP contribution in [0.4, 0.5) is 0 Å². The van der Waals surface area contributed by atoms with Crippen molar-refractivity contribution in [2.24, 2.45) is 0 Å². The van der Waals surface area contributed by atoms with Crippen LogP contribution in [0.3, 0.4) is 0 Å². The maximum atomic E-state index is 8.71. The van der Waals surface area contributed by atoms with E-state index in [4.69, 9.17) is 5.21 Å². The van der Waals surface area contributed by atoms with Gasteiger partial charge in [-0.3, -0.25) is 5.21 Å². The van der Waals surface area contributed by atoms with Gasteiger partial charge in [0.15, 0.2) is 0 Å². The molecule has 2 aromatic rings. The molecule has 0 spiro atoms. The average Bonchev–Trinajstić information content (AvgIpc) is 2.71. The highest BCUT2D eigenvalue weighted by molar-refractivity contribution is 5.72. The molecule has 0 saturated carbocycles. The van der Waals surface area contributed by atoms with Crippen molar-refractivity contribution in [3.8, 4) is 0 Å². The van der Waals surface area contributed by atoms with Crippen molar-refractivity contribution < 1.29 is 5.21 Å². The summed E-state index contributed by atoms with van der Waals surface area (Å²) >= 11 is 0. The van der Waals surface area contributed by atoms with Crippen LogP contribution in [0.25, 0.3) is 11.0 Å². The van der Waals surface area contributed by atoms with Crippen LogP contribution < -0.4 is 0 Å². The van der Waals surface area contributed by atoms with E-state index in [0.717, 1.165) is 16.1 Å². The highest BCUT2D eigenvalue weighted by Crippen LogP contribution is 2.03. The lowest BCUT2D eigenvalue weighted by Gasteiger charge is -1.99. The summed E-state index contributed by atoms with van der Waals surface area (Å²) < 4.78 is 0. The number of allylic oxidation sites excluding steroid dienone is 4. The third-order valence-corrected chi connectivity index (χ3v) is 2.03. The number of H-pyrrole nitrogens is 1. The van der Waals surface area contributed by atoms with Crippen LogP contribution in [0, 0.1) is 0 Å². The molecule has 86 valence electrons. The van der Waals surface area contributed by atoms with Crippen LogP contribution in [0.5, 0.6) is 0 Å². The van der Waals surface area contributed by atoms with Crippen LogP contribution >= 0.6 is 0 Å². The largest absolute Gasteiger partial charge is 0.285 e. The number of hydroxylamine groups is 2. The Labute approximate surface area is 98.3 Å². The van der Waals surface area contributed by atoms with Gasteiger partial charge in [0.2, 0.25) is 0 Å². The summed E-state index contributed by atoms with van der Waals surface area (Å²) in [5.74, 6) is 0. The fraction of sp³-hybridized carbons (Fsp3) is 0. The number of rotatable bonds is 0. The summed E-state index contributed by atoms with van der Waals surface area (Å²) in [4.78, 5) is 0. The van der Waals surface area contributed by atoms with E-state index in [1.54, 1.807) is 24.6 Å². The molecule has 17 heavy (non-hydrogen) atoms. The zero-order valence-electron chi connectivity index (χ0n) is 9.06. The molecule has 1 aromatic carbocycles. The van der Waals surface area contributed by atoms with Crippen molar-refractivity contribution in [1.29, 1.82) is 0 Å². The Bertz CT molecular complexity index is 510. The van der Waals surface area contributed by atoms with Gasteiger partial charge < -0.3 is 0 Å². The van der Waals surface area contributed by atoms with Crippen molar-refractivity contribution in [2.75, 3.05) is 0 Å². The summed E-state index contributed by atoms with van der Waals surface area (Å²) in [6.45, 7) is 0. The molecule has 3 rings (SSSR count). The number of benzene rings is 1. The Morgan fingerprint density at radius 2 is 1.41 bits per heavy atom. The van der Waals surface area contributed by atoms with Crippen molar-refractivity contribution >= 4 is 11.0 Å². The summed E-state index contributed by atoms with van der Waals surface area (Å²) in [5.41, 5.74) is 1.83. The molecule has 2 heterocycles. The zero-order chi connectivity index (χ0) is 11.9. The van der Waals surface area contributed by atoms with Gasteiger partial charge in [0, 0.05) is 12.4 Å². The number of aromatic nitrogens is 3. The SMILES string of the molecule is ON1C=CC=CC=C1.c1ccc2n[nH]nc2c1. The van der Waals surface area contributed by atoms with E-state index < -0.39 is 0 Å². The van der Waals surface area contributed by atoms with Crippen LogP contribution in [0.2, 0.25) is 0 Å². The van der Waals surface area contributed by atoms with E-state index >= 15 is 0 Å². The molecule has 0 radical (unpaired) electrons. The van der Waals surface area contributed by atoms with Gasteiger partial charge in [-0.05, 0) is 24.3 Å². The van der Waals surface area contributed by atoms with E-state index in [9.17, 15) is 0 Å². The Morgan fingerprint density at radius 1 is 0.882 bits per heavy atom. The summed E-state index contributed by atoms with van der Waals surface area (Å²) in [6, 6.07) is 7.70. The minimum absolute atomic E-state index is 0.914. The molecule has 0 atom stereocenters. The third kappa shape index (κ3) is 3.29. The first-order chi connectivity index (χ1) is 8.36. The Morgan fingerprint density at radius 3 is 1.94 bits per heavy atom. The number of nitrogens with one attached hydrogen (secondary N) is 1. The molecule has 0 bridgehead atoms. The first kappa shape index (κ1) is 11.1. The van der Waals surface area contributed by atoms with Crippen LogP contribution in [-0.2, 0) is 0 Å². The minimum Gasteiger partial charge on any atom is -0.285 e. The minimum atomic E-state index is 0.914. The molecule has 0 unspecified atom stereocenters. The zero-order valence-corrected chi connectivity index (χ0v) is 9.06. The van der Waals surface area contributed by atoms with Crippen molar-refractivity contribution in [2.45, 2.75) is 0 Å². The van der Waals surface area contributed by atoms with Gasteiger partial charge in [0.05, 0.1) is 0 Å². The maximum Gasteiger partial charge on any atom is 0.112 e. The lowest BCUT2D eigenvalue weighted by Crippen LogP contribution is -1.98. The van der Waals surface area contributed by atoms with Crippen molar-refractivity contribution in [1.82, 2.24) is 20.5 Å². The number of hydrogen-bond acceptors (Lipinski definition) is 4. The number of aromatic amines is 1. The highest BCUT2D eigenvalue weighted by atomic mass is 16.5. The predicted molar refractivity (Wildman–Crippen MR) is 64.9 cm³/mol. The van der Waals surface area contributed by atoms with Gasteiger partial charge in [-0.1, -0.05) is 24.3 Å². The lowest BCUT2D eigenvalue weighted by molar-refractivity contribution is 0.0118. The second kappa shape index (κ2) is 5.62. The number of para-hydroxylation sites is 2. The van der Waals surface area contributed by atoms with Gasteiger partial charge in [0.25, 0.3) is 0 Å². The molecule has 0 saturated heterocycles. The number of nitrogens with zero attached hydrogens (tertiary/aromatic N) is 3. The molecule has 5 nitrogen and oxygen atoms in total. The molecule has 1 aliphatic heterocycles. The fourth-order valence-corrected chi connectivity index (χ4v) is 1.24. The van der Waals surface area contributed by atoms with Crippen LogP contribution in [0.15, 0.2) is 61.0 Å². The second-order valence-corrected chi connectivity index (χ2v) is 3.26. The molecule has 0 aliphatic carbocycles. The van der Waals surface area contributed by atoms with Gasteiger partial charge in [-0.2, -0.15) is 15.4 Å². The topological polar surface area (TPSA) is 65.0 Å². The molecule has 1 aromatic heterocycles. The predicted octanol–water partition coefficient (Wildman–Crippen LogP) is 2.23. The molecule has 1 aliphatic rings. The molecule has 2 N–H and O–H groups in total. The van der Waals surface area contributed by atoms with Gasteiger partial charge in [0.1, 0.15) is 11.0 Å². The number of hydrogen-bond donors (Lipinski definition) is 2. The van der Waals surface area contributed by atoms with E-state index in [1.807, 2.05) is 36.4 Å². The maximum absolute atomic E-state index is 8.71. The molecular weight excluding hydrogens is 216 g/mol. The molecule has 0 fully saturated rings. The third-order valence-electron chi connectivity index (χ3n) is 2.03. The van der Waals surface area contributed by atoms with E-state index in [0.29, 0.717) is 0 Å². The Hall–Kier alpha value is -2.40. The average molecular weight is 228 g/mol. The fourth-order valence-electron chi connectivity index (χ4n) is 1.24. The first-order valence-electron chi connectivity index (χ1n) is 5.10. The second-order valence-electron chi connectivity index (χ2n) is 3.26. The molecular formula is C12H12N4O. The van der Waals surface area contributed by atoms with Crippen molar-refractivity contribution in [3.05, 3.63) is 61.0 Å². The number of fused-ring (bicyclic) bond motifs is 1. The lowest BCUT2D eigenvalue weighted by atomic mass is 10.3. The van der Waals surface area contributed by atoms with Gasteiger partial charge in [-0.25, -0.2) is 5.06 Å². The first-order valence-corrected chi connectivity index (χ1v) is 5.10. The van der Waals surface area contributed by atoms with Gasteiger partial charge >= 0.3 is 0 Å². The summed E-state index contributed by atoms with van der Waals surface area (Å²) in [6.07, 6.45) is 10.3. The van der Waals surface area contributed by atoms with E-state index in [-0.39, 0.29) is 0 Å².